The van der Waals surface area contributed by atoms with Crippen LogP contribution in [0.25, 0.3) is 143 Å². The largest absolute Gasteiger partial charge is 0.456 e. The van der Waals surface area contributed by atoms with Gasteiger partial charge in [-0.3, -0.25) is 0 Å². The molecule has 0 fully saturated rings. The zero-order chi connectivity index (χ0) is 39.1. The third kappa shape index (κ3) is 4.34. The molecule has 4 heterocycles. The molecular formula is C56H30O4. The van der Waals surface area contributed by atoms with E-state index in [4.69, 9.17) is 17.7 Å². The first-order valence-electron chi connectivity index (χ1n) is 20.3. The van der Waals surface area contributed by atoms with E-state index >= 15 is 0 Å². The number of hydrogen-bond donors (Lipinski definition) is 0. The Morgan fingerprint density at radius 2 is 0.617 bits per heavy atom. The SMILES string of the molecule is c1ccc(-c2c3cccc(-c4ccc5c(c4)oc4ccc6oc7ccccc7c6c45)c3cc3c(-c4ccc5c(c4)oc4ccc6oc7ccccc7c6c45)cccc23)cc1. The van der Waals surface area contributed by atoms with Crippen LogP contribution in [-0.4, -0.2) is 0 Å². The van der Waals surface area contributed by atoms with Crippen molar-refractivity contribution in [2.45, 2.75) is 0 Å². The Bertz CT molecular complexity index is 3870. The van der Waals surface area contributed by atoms with Crippen LogP contribution in [0, 0.1) is 0 Å². The van der Waals surface area contributed by atoms with Gasteiger partial charge in [-0.05, 0) is 122 Å². The molecule has 4 heteroatoms. The lowest BCUT2D eigenvalue weighted by atomic mass is 9.86. The predicted molar refractivity (Wildman–Crippen MR) is 247 cm³/mol. The molecule has 4 nitrogen and oxygen atoms in total. The summed E-state index contributed by atoms with van der Waals surface area (Å²) in [5, 5.41) is 13.4. The standard InChI is InChI=1S/C56H30O4/c1-2-10-31(11-3-1)52-36-16-8-14-34(32-20-22-40-50(28-32)59-48-26-24-46-53(55(40)48)38-12-4-6-18-44(38)57-46)42(36)30-43-35(15-9-17-37(43)52)33-21-23-41-51(29-33)60-49-27-25-47-54(56(41)49)39-13-5-7-19-45(39)58-47/h1-30H. The van der Waals surface area contributed by atoms with Crippen molar-refractivity contribution in [3.8, 4) is 33.4 Å². The summed E-state index contributed by atoms with van der Waals surface area (Å²) in [6.45, 7) is 0. The molecule has 0 spiro atoms. The first-order valence-corrected chi connectivity index (χ1v) is 20.3. The van der Waals surface area contributed by atoms with Crippen LogP contribution in [0.4, 0.5) is 0 Å². The molecule has 14 aromatic rings. The van der Waals surface area contributed by atoms with E-state index in [1.807, 2.05) is 48.5 Å². The normalized spacial score (nSPS) is 12.3. The van der Waals surface area contributed by atoms with Crippen LogP contribution in [0.5, 0.6) is 0 Å². The quantitative estimate of drug-likeness (QED) is 0.168. The van der Waals surface area contributed by atoms with Gasteiger partial charge in [0.25, 0.3) is 0 Å². The lowest BCUT2D eigenvalue weighted by Gasteiger charge is -2.17. The summed E-state index contributed by atoms with van der Waals surface area (Å²) >= 11 is 0. The number of para-hydroxylation sites is 2. The molecule has 0 saturated carbocycles. The Morgan fingerprint density at radius 1 is 0.217 bits per heavy atom. The maximum atomic E-state index is 6.63. The number of furan rings is 4. The summed E-state index contributed by atoms with van der Waals surface area (Å²) in [5.74, 6) is 0. The van der Waals surface area contributed by atoms with Crippen molar-refractivity contribution in [3.05, 3.63) is 182 Å². The molecule has 0 amide bonds. The van der Waals surface area contributed by atoms with Crippen molar-refractivity contribution in [1.82, 2.24) is 0 Å². The van der Waals surface area contributed by atoms with Gasteiger partial charge >= 0.3 is 0 Å². The Morgan fingerprint density at radius 3 is 1.10 bits per heavy atom. The highest BCUT2D eigenvalue weighted by molar-refractivity contribution is 6.28. The Balaban J connectivity index is 1.00. The van der Waals surface area contributed by atoms with Gasteiger partial charge < -0.3 is 17.7 Å². The molecule has 0 saturated heterocycles. The van der Waals surface area contributed by atoms with Crippen molar-refractivity contribution >= 4 is 109 Å². The molecule has 0 aliphatic rings. The van der Waals surface area contributed by atoms with Crippen LogP contribution < -0.4 is 0 Å². The van der Waals surface area contributed by atoms with Crippen molar-refractivity contribution < 1.29 is 17.7 Å². The number of rotatable bonds is 3. The molecule has 278 valence electrons. The highest BCUT2D eigenvalue weighted by Gasteiger charge is 2.21. The minimum Gasteiger partial charge on any atom is -0.456 e. The summed E-state index contributed by atoms with van der Waals surface area (Å²) in [4.78, 5) is 0. The molecule has 0 bridgehead atoms. The highest BCUT2D eigenvalue weighted by atomic mass is 16.3. The van der Waals surface area contributed by atoms with E-state index < -0.39 is 0 Å². The van der Waals surface area contributed by atoms with Crippen molar-refractivity contribution in [1.29, 1.82) is 0 Å². The maximum absolute atomic E-state index is 6.63. The molecule has 14 rings (SSSR count). The summed E-state index contributed by atoms with van der Waals surface area (Å²) < 4.78 is 25.8. The molecule has 0 aliphatic carbocycles. The number of fused-ring (bicyclic) bond motifs is 16. The Labute approximate surface area is 341 Å². The first kappa shape index (κ1) is 31.9. The van der Waals surface area contributed by atoms with Crippen molar-refractivity contribution in [2.24, 2.45) is 0 Å². The fourth-order valence-electron chi connectivity index (χ4n) is 10.1. The Hall–Kier alpha value is -8.08. The van der Waals surface area contributed by atoms with Crippen LogP contribution in [0.15, 0.2) is 200 Å². The van der Waals surface area contributed by atoms with E-state index in [9.17, 15) is 0 Å². The topological polar surface area (TPSA) is 52.6 Å². The van der Waals surface area contributed by atoms with Crippen LogP contribution in [0.2, 0.25) is 0 Å². The molecule has 4 aromatic heterocycles. The van der Waals surface area contributed by atoms with E-state index in [0.717, 1.165) is 110 Å². The molecule has 0 radical (unpaired) electrons. The van der Waals surface area contributed by atoms with Gasteiger partial charge in [0.05, 0.1) is 0 Å². The average molecular weight is 767 g/mol. The van der Waals surface area contributed by atoms with Crippen molar-refractivity contribution in [3.63, 3.8) is 0 Å². The molecule has 60 heavy (non-hydrogen) atoms. The third-order valence-electron chi connectivity index (χ3n) is 12.7. The van der Waals surface area contributed by atoms with E-state index in [0.29, 0.717) is 0 Å². The van der Waals surface area contributed by atoms with Crippen LogP contribution >= 0.6 is 0 Å². The van der Waals surface area contributed by atoms with E-state index in [1.54, 1.807) is 0 Å². The molecule has 0 aliphatic heterocycles. The maximum Gasteiger partial charge on any atom is 0.136 e. The fourth-order valence-corrected chi connectivity index (χ4v) is 10.1. The number of benzene rings is 10. The van der Waals surface area contributed by atoms with E-state index in [2.05, 4.69) is 133 Å². The summed E-state index contributed by atoms with van der Waals surface area (Å²) in [7, 11) is 0. The van der Waals surface area contributed by atoms with Crippen LogP contribution in [0.3, 0.4) is 0 Å². The second kappa shape index (κ2) is 11.8. The summed E-state index contributed by atoms with van der Waals surface area (Å²) in [5.41, 5.74) is 13.8. The van der Waals surface area contributed by atoms with Gasteiger partial charge in [0.15, 0.2) is 0 Å². The first-order chi connectivity index (χ1) is 29.7. The second-order valence-corrected chi connectivity index (χ2v) is 15.9. The fraction of sp³-hybridized carbons (Fsp3) is 0. The molecule has 0 atom stereocenters. The second-order valence-electron chi connectivity index (χ2n) is 15.9. The lowest BCUT2D eigenvalue weighted by molar-refractivity contribution is 0.663. The van der Waals surface area contributed by atoms with Crippen molar-refractivity contribution in [2.75, 3.05) is 0 Å². The van der Waals surface area contributed by atoms with Gasteiger partial charge in [0.2, 0.25) is 0 Å². The monoisotopic (exact) mass is 766 g/mol. The smallest absolute Gasteiger partial charge is 0.136 e. The average Bonchev–Trinajstić information content (AvgIpc) is 4.07. The molecule has 0 unspecified atom stereocenters. The van der Waals surface area contributed by atoms with E-state index in [1.165, 1.54) is 32.7 Å². The third-order valence-corrected chi connectivity index (χ3v) is 12.7. The molecular weight excluding hydrogens is 737 g/mol. The van der Waals surface area contributed by atoms with Gasteiger partial charge in [-0.2, -0.15) is 0 Å². The van der Waals surface area contributed by atoms with Gasteiger partial charge in [0, 0.05) is 43.1 Å². The van der Waals surface area contributed by atoms with Crippen LogP contribution in [-0.2, 0) is 0 Å². The van der Waals surface area contributed by atoms with Gasteiger partial charge in [0.1, 0.15) is 44.7 Å². The lowest BCUT2D eigenvalue weighted by Crippen LogP contribution is -1.90. The Kier molecular flexibility index (Phi) is 6.26. The summed E-state index contributed by atoms with van der Waals surface area (Å²) in [6, 6.07) is 64.3. The zero-order valence-corrected chi connectivity index (χ0v) is 32.0. The van der Waals surface area contributed by atoms with Gasteiger partial charge in [-0.1, -0.05) is 115 Å². The minimum atomic E-state index is 0.849. The van der Waals surface area contributed by atoms with Crippen LogP contribution in [0.1, 0.15) is 0 Å². The molecule has 0 N–H and O–H groups in total. The van der Waals surface area contributed by atoms with E-state index in [-0.39, 0.29) is 0 Å². The highest BCUT2D eigenvalue weighted by Crippen LogP contribution is 2.46. The number of hydrogen-bond acceptors (Lipinski definition) is 4. The predicted octanol–water partition coefficient (Wildman–Crippen LogP) is 16.6. The summed E-state index contributed by atoms with van der Waals surface area (Å²) in [6.07, 6.45) is 0. The van der Waals surface area contributed by atoms with Gasteiger partial charge in [-0.25, -0.2) is 0 Å². The molecule has 10 aromatic carbocycles. The van der Waals surface area contributed by atoms with Gasteiger partial charge in [-0.15, -0.1) is 0 Å². The zero-order valence-electron chi connectivity index (χ0n) is 32.0. The minimum absolute atomic E-state index is 0.849.